The van der Waals surface area contributed by atoms with E-state index >= 15 is 0 Å². The third kappa shape index (κ3) is 4.25. The summed E-state index contributed by atoms with van der Waals surface area (Å²) in [4.78, 5) is 20.1. The van der Waals surface area contributed by atoms with Gasteiger partial charge in [-0.05, 0) is 55.2 Å². The lowest BCUT2D eigenvalue weighted by Gasteiger charge is -2.21. The zero-order valence-corrected chi connectivity index (χ0v) is 18.8. The summed E-state index contributed by atoms with van der Waals surface area (Å²) < 4.78 is 1.03. The third-order valence-electron chi connectivity index (χ3n) is 5.29. The van der Waals surface area contributed by atoms with Crippen molar-refractivity contribution in [1.82, 2.24) is 4.98 Å². The summed E-state index contributed by atoms with van der Waals surface area (Å²) in [5.41, 5.74) is 6.25. The molecule has 152 valence electrons. The molecule has 0 fully saturated rings. The van der Waals surface area contributed by atoms with E-state index < -0.39 is 0 Å². The lowest BCUT2D eigenvalue weighted by atomic mass is 10.0. The first-order valence-electron chi connectivity index (χ1n) is 9.88. The smallest absolute Gasteiger partial charge is 0.233 e. The van der Waals surface area contributed by atoms with Gasteiger partial charge in [-0.2, -0.15) is 0 Å². The number of hydrogen-bond acceptors (Lipinski definition) is 3. The van der Waals surface area contributed by atoms with Crippen LogP contribution < -0.4 is 4.90 Å². The van der Waals surface area contributed by atoms with Crippen LogP contribution in [0, 0.1) is 20.8 Å². The van der Waals surface area contributed by atoms with Crippen LogP contribution in [-0.2, 0) is 17.8 Å². The predicted octanol–water partition coefficient (Wildman–Crippen LogP) is 6.65. The summed E-state index contributed by atoms with van der Waals surface area (Å²) in [6.45, 7) is 6.57. The van der Waals surface area contributed by atoms with Crippen molar-refractivity contribution < 1.29 is 4.79 Å². The van der Waals surface area contributed by atoms with E-state index in [2.05, 4.69) is 26.0 Å². The Balaban J connectivity index is 1.72. The van der Waals surface area contributed by atoms with E-state index in [-0.39, 0.29) is 5.91 Å². The molecule has 5 heteroatoms. The van der Waals surface area contributed by atoms with Crippen LogP contribution in [0.25, 0.3) is 10.2 Å². The van der Waals surface area contributed by atoms with E-state index in [0.717, 1.165) is 32.5 Å². The largest absolute Gasteiger partial charge is 0.283 e. The SMILES string of the molecule is Cc1ccc(CC(=O)N(Cc2ccccc2)c2nc3c(C)c(Cl)ccc3s2)c(C)c1. The minimum absolute atomic E-state index is 0.0358. The molecular formula is C25H23ClN2OS. The van der Waals surface area contributed by atoms with E-state index in [4.69, 9.17) is 16.6 Å². The summed E-state index contributed by atoms with van der Waals surface area (Å²) in [6, 6.07) is 20.1. The number of rotatable bonds is 5. The second-order valence-corrected chi connectivity index (χ2v) is 9.00. The Labute approximate surface area is 186 Å². The molecule has 4 rings (SSSR count). The molecule has 0 aliphatic rings. The molecule has 1 heterocycles. The highest BCUT2D eigenvalue weighted by molar-refractivity contribution is 7.22. The first-order chi connectivity index (χ1) is 14.4. The first-order valence-corrected chi connectivity index (χ1v) is 11.1. The van der Waals surface area contributed by atoms with Crippen molar-refractivity contribution in [2.45, 2.75) is 33.7 Å². The maximum Gasteiger partial charge on any atom is 0.233 e. The summed E-state index contributed by atoms with van der Waals surface area (Å²) >= 11 is 7.82. The number of anilines is 1. The number of amides is 1. The molecule has 0 N–H and O–H groups in total. The topological polar surface area (TPSA) is 33.2 Å². The Morgan fingerprint density at radius 3 is 2.53 bits per heavy atom. The molecule has 30 heavy (non-hydrogen) atoms. The number of carbonyl (C=O) groups excluding carboxylic acids is 1. The van der Waals surface area contributed by atoms with Crippen LogP contribution in [0.5, 0.6) is 0 Å². The molecule has 0 atom stereocenters. The normalized spacial score (nSPS) is 11.1. The number of halogens is 1. The molecule has 0 saturated carbocycles. The van der Waals surface area contributed by atoms with Crippen molar-refractivity contribution in [2.75, 3.05) is 4.90 Å². The van der Waals surface area contributed by atoms with Gasteiger partial charge in [0.05, 0.1) is 23.2 Å². The Kier molecular flexibility index (Phi) is 5.89. The molecule has 0 aliphatic heterocycles. The second kappa shape index (κ2) is 8.58. The van der Waals surface area contributed by atoms with E-state index in [1.54, 1.807) is 4.90 Å². The minimum atomic E-state index is 0.0358. The molecule has 3 nitrogen and oxygen atoms in total. The first kappa shape index (κ1) is 20.6. The zero-order valence-electron chi connectivity index (χ0n) is 17.3. The lowest BCUT2D eigenvalue weighted by Crippen LogP contribution is -2.31. The molecule has 0 aliphatic carbocycles. The van der Waals surface area contributed by atoms with Crippen LogP contribution in [0.4, 0.5) is 5.13 Å². The van der Waals surface area contributed by atoms with Gasteiger partial charge in [0, 0.05) is 5.02 Å². The highest BCUT2D eigenvalue weighted by Crippen LogP contribution is 2.34. The summed E-state index contributed by atoms with van der Waals surface area (Å²) in [5.74, 6) is 0.0358. The summed E-state index contributed by atoms with van der Waals surface area (Å²) in [5, 5.41) is 1.39. The van der Waals surface area contributed by atoms with Crippen molar-refractivity contribution in [2.24, 2.45) is 0 Å². The number of carbonyl (C=O) groups is 1. The number of nitrogens with zero attached hydrogens (tertiary/aromatic N) is 2. The molecular weight excluding hydrogens is 412 g/mol. The van der Waals surface area contributed by atoms with Crippen LogP contribution in [0.15, 0.2) is 60.7 Å². The van der Waals surface area contributed by atoms with E-state index in [9.17, 15) is 4.79 Å². The van der Waals surface area contributed by atoms with E-state index in [1.807, 2.05) is 55.5 Å². The van der Waals surface area contributed by atoms with Crippen LogP contribution in [-0.4, -0.2) is 10.9 Å². The van der Waals surface area contributed by atoms with Crippen LogP contribution in [0.3, 0.4) is 0 Å². The number of thiazole rings is 1. The Hall–Kier alpha value is -2.69. The van der Waals surface area contributed by atoms with Crippen molar-refractivity contribution in [3.05, 3.63) is 93.5 Å². The molecule has 3 aromatic carbocycles. The van der Waals surface area contributed by atoms with E-state index in [1.165, 1.54) is 16.9 Å². The average molecular weight is 435 g/mol. The van der Waals surface area contributed by atoms with Crippen molar-refractivity contribution in [3.8, 4) is 0 Å². The fourth-order valence-corrected chi connectivity index (χ4v) is 4.73. The summed E-state index contributed by atoms with van der Waals surface area (Å²) in [7, 11) is 0. The van der Waals surface area contributed by atoms with Gasteiger partial charge in [0.1, 0.15) is 0 Å². The maximum atomic E-state index is 13.4. The number of benzene rings is 3. The predicted molar refractivity (Wildman–Crippen MR) is 127 cm³/mol. The van der Waals surface area contributed by atoms with Crippen molar-refractivity contribution in [1.29, 1.82) is 0 Å². The number of fused-ring (bicyclic) bond motifs is 1. The highest BCUT2D eigenvalue weighted by Gasteiger charge is 2.22. The van der Waals surface area contributed by atoms with Crippen LogP contribution in [0.1, 0.15) is 27.8 Å². The van der Waals surface area contributed by atoms with Crippen LogP contribution in [0.2, 0.25) is 5.02 Å². The van der Waals surface area contributed by atoms with Crippen molar-refractivity contribution in [3.63, 3.8) is 0 Å². The molecule has 0 saturated heterocycles. The molecule has 0 bridgehead atoms. The van der Waals surface area contributed by atoms with E-state index in [0.29, 0.717) is 23.1 Å². The fraction of sp³-hybridized carbons (Fsp3) is 0.200. The molecule has 1 aromatic heterocycles. The van der Waals surface area contributed by atoms with Gasteiger partial charge in [0.25, 0.3) is 0 Å². The quantitative estimate of drug-likeness (QED) is 0.352. The van der Waals surface area contributed by atoms with Gasteiger partial charge < -0.3 is 0 Å². The number of aryl methyl sites for hydroxylation is 3. The monoisotopic (exact) mass is 434 g/mol. The lowest BCUT2D eigenvalue weighted by molar-refractivity contribution is -0.118. The Morgan fingerprint density at radius 1 is 1.03 bits per heavy atom. The third-order valence-corrected chi connectivity index (χ3v) is 6.74. The zero-order chi connectivity index (χ0) is 21.3. The fourth-order valence-electron chi connectivity index (χ4n) is 3.54. The Bertz CT molecular complexity index is 1220. The van der Waals surface area contributed by atoms with Crippen molar-refractivity contribution >= 4 is 44.2 Å². The van der Waals surface area contributed by atoms with Gasteiger partial charge >= 0.3 is 0 Å². The molecule has 0 spiro atoms. The number of hydrogen-bond donors (Lipinski definition) is 0. The van der Waals surface area contributed by atoms with Gasteiger partial charge in [0.2, 0.25) is 5.91 Å². The molecule has 0 unspecified atom stereocenters. The van der Waals surface area contributed by atoms with Gasteiger partial charge in [-0.1, -0.05) is 77.0 Å². The molecule has 1 amide bonds. The van der Waals surface area contributed by atoms with Gasteiger partial charge in [-0.3, -0.25) is 9.69 Å². The number of aromatic nitrogens is 1. The standard InChI is InChI=1S/C25H23ClN2OS/c1-16-9-10-20(17(2)13-16)14-23(29)28(15-19-7-5-4-6-8-19)25-27-24-18(3)21(26)11-12-22(24)30-25/h4-13H,14-15H2,1-3H3. The van der Waals surface area contributed by atoms with Gasteiger partial charge in [-0.15, -0.1) is 0 Å². The average Bonchev–Trinajstić information content (AvgIpc) is 3.16. The highest BCUT2D eigenvalue weighted by atomic mass is 35.5. The Morgan fingerprint density at radius 2 is 1.80 bits per heavy atom. The van der Waals surface area contributed by atoms with Gasteiger partial charge in [0.15, 0.2) is 5.13 Å². The van der Waals surface area contributed by atoms with Crippen LogP contribution >= 0.6 is 22.9 Å². The molecule has 0 radical (unpaired) electrons. The minimum Gasteiger partial charge on any atom is -0.283 e. The second-order valence-electron chi connectivity index (χ2n) is 7.59. The van der Waals surface area contributed by atoms with Gasteiger partial charge in [-0.25, -0.2) is 4.98 Å². The molecule has 4 aromatic rings. The maximum absolute atomic E-state index is 13.4. The summed E-state index contributed by atoms with van der Waals surface area (Å²) in [6.07, 6.45) is 0.342.